The van der Waals surface area contributed by atoms with E-state index in [0.717, 1.165) is 25.9 Å². The third-order valence-electron chi connectivity index (χ3n) is 4.95. The maximum Gasteiger partial charge on any atom is 0.322 e. The van der Waals surface area contributed by atoms with E-state index in [0.29, 0.717) is 11.5 Å². The van der Waals surface area contributed by atoms with Gasteiger partial charge in [-0.15, -0.1) is 0 Å². The number of nitrogens with one attached hydrogen (secondary N) is 1. The van der Waals surface area contributed by atoms with Crippen LogP contribution >= 0.6 is 0 Å². The Balaban J connectivity index is 1.84. The van der Waals surface area contributed by atoms with Crippen LogP contribution in [0.1, 0.15) is 59.3 Å². The summed E-state index contributed by atoms with van der Waals surface area (Å²) in [6.07, 6.45) is 6.61. The van der Waals surface area contributed by atoms with Gasteiger partial charge in [0.1, 0.15) is 6.04 Å². The maximum atomic E-state index is 11.6. The van der Waals surface area contributed by atoms with Crippen molar-refractivity contribution in [3.05, 3.63) is 0 Å². The first-order chi connectivity index (χ1) is 9.40. The molecular weight excluding hydrogens is 254 g/mol. The van der Waals surface area contributed by atoms with Crippen molar-refractivity contribution in [2.45, 2.75) is 77.0 Å². The van der Waals surface area contributed by atoms with Crippen LogP contribution in [0, 0.1) is 5.41 Å². The van der Waals surface area contributed by atoms with Gasteiger partial charge in [0.05, 0.1) is 19.3 Å². The molecule has 2 rings (SSSR count). The lowest BCUT2D eigenvalue weighted by Crippen LogP contribution is -2.46. The van der Waals surface area contributed by atoms with Gasteiger partial charge in [-0.3, -0.25) is 4.79 Å². The minimum absolute atomic E-state index is 0.0399. The predicted molar refractivity (Wildman–Crippen MR) is 78.6 cm³/mol. The molecule has 1 aliphatic heterocycles. The molecule has 4 nitrogen and oxygen atoms in total. The fourth-order valence-electron chi connectivity index (χ4n) is 3.85. The summed E-state index contributed by atoms with van der Waals surface area (Å²) in [5.74, 6) is -0.141. The van der Waals surface area contributed by atoms with Gasteiger partial charge in [-0.25, -0.2) is 0 Å². The van der Waals surface area contributed by atoms with Gasteiger partial charge in [-0.2, -0.15) is 0 Å². The summed E-state index contributed by atoms with van der Waals surface area (Å²) in [4.78, 5) is 11.6. The molecule has 0 bridgehead atoms. The first kappa shape index (κ1) is 15.8. The smallest absolute Gasteiger partial charge is 0.322 e. The van der Waals surface area contributed by atoms with Crippen molar-refractivity contribution in [1.82, 2.24) is 5.32 Å². The summed E-state index contributed by atoms with van der Waals surface area (Å²) in [5, 5.41) is 3.47. The Bertz CT molecular complexity index is 346. The van der Waals surface area contributed by atoms with E-state index in [-0.39, 0.29) is 17.6 Å². The fourth-order valence-corrected chi connectivity index (χ4v) is 3.85. The van der Waals surface area contributed by atoms with Gasteiger partial charge in [-0.1, -0.05) is 6.92 Å². The van der Waals surface area contributed by atoms with E-state index in [1.807, 2.05) is 6.92 Å². The molecule has 1 N–H and O–H groups in total. The average molecular weight is 283 g/mol. The molecule has 1 unspecified atom stereocenters. The highest BCUT2D eigenvalue weighted by molar-refractivity contribution is 5.75. The van der Waals surface area contributed by atoms with Gasteiger partial charge in [-0.05, 0) is 57.8 Å². The summed E-state index contributed by atoms with van der Waals surface area (Å²) in [6.45, 7) is 7.31. The lowest BCUT2D eigenvalue weighted by atomic mass is 9.69. The van der Waals surface area contributed by atoms with E-state index in [4.69, 9.17) is 9.47 Å². The zero-order chi connectivity index (χ0) is 14.8. The lowest BCUT2D eigenvalue weighted by molar-refractivity contribution is -0.143. The number of hydrogen-bond donors (Lipinski definition) is 1. The van der Waals surface area contributed by atoms with Crippen LogP contribution in [0.3, 0.4) is 0 Å². The molecule has 0 aromatic carbocycles. The number of ether oxygens (including phenoxy) is 2. The molecule has 4 heteroatoms. The van der Waals surface area contributed by atoms with Crippen molar-refractivity contribution in [3.8, 4) is 0 Å². The Morgan fingerprint density at radius 1 is 1.40 bits per heavy atom. The topological polar surface area (TPSA) is 47.6 Å². The van der Waals surface area contributed by atoms with E-state index >= 15 is 0 Å². The monoisotopic (exact) mass is 283 g/mol. The number of methoxy groups -OCH3 is 1. The molecular formula is C16H29NO3. The van der Waals surface area contributed by atoms with Crippen LogP contribution in [0.2, 0.25) is 0 Å². The minimum atomic E-state index is -0.157. The van der Waals surface area contributed by atoms with E-state index in [1.165, 1.54) is 26.4 Å². The van der Waals surface area contributed by atoms with Crippen LogP contribution in [0.4, 0.5) is 0 Å². The Morgan fingerprint density at radius 3 is 2.50 bits per heavy atom. The molecule has 1 spiro atoms. The third kappa shape index (κ3) is 3.53. The average Bonchev–Trinajstić information content (AvgIpc) is 2.73. The Morgan fingerprint density at radius 2 is 2.05 bits per heavy atom. The number of rotatable bonds is 4. The van der Waals surface area contributed by atoms with Gasteiger partial charge < -0.3 is 14.8 Å². The van der Waals surface area contributed by atoms with E-state index < -0.39 is 0 Å². The number of hydrogen-bond acceptors (Lipinski definition) is 4. The molecule has 20 heavy (non-hydrogen) atoms. The highest BCUT2D eigenvalue weighted by atomic mass is 16.5. The van der Waals surface area contributed by atoms with Crippen LogP contribution in [-0.2, 0) is 14.3 Å². The number of carbonyl (C=O) groups excluding carboxylic acids is 1. The molecule has 2 fully saturated rings. The quantitative estimate of drug-likeness (QED) is 0.806. The van der Waals surface area contributed by atoms with Crippen molar-refractivity contribution >= 4 is 5.97 Å². The third-order valence-corrected chi connectivity index (χ3v) is 4.95. The van der Waals surface area contributed by atoms with Crippen molar-refractivity contribution in [2.24, 2.45) is 5.41 Å². The van der Waals surface area contributed by atoms with Gasteiger partial charge in [0.2, 0.25) is 0 Å². The predicted octanol–water partition coefficient (Wildman–Crippen LogP) is 2.66. The second kappa shape index (κ2) is 6.02. The normalized spacial score (nSPS) is 34.1. The molecule has 1 saturated heterocycles. The van der Waals surface area contributed by atoms with E-state index in [9.17, 15) is 4.79 Å². The van der Waals surface area contributed by atoms with Crippen LogP contribution < -0.4 is 5.32 Å². The molecule has 1 heterocycles. The first-order valence-corrected chi connectivity index (χ1v) is 7.87. The molecule has 1 saturated carbocycles. The second-order valence-electron chi connectivity index (χ2n) is 7.15. The Kier molecular flexibility index (Phi) is 4.75. The summed E-state index contributed by atoms with van der Waals surface area (Å²) in [6, 6.07) is 0.281. The number of carbonyl (C=O) groups is 1. The molecule has 0 radical (unpaired) electrons. The molecule has 0 aromatic rings. The van der Waals surface area contributed by atoms with Gasteiger partial charge in [0.15, 0.2) is 0 Å². The van der Waals surface area contributed by atoms with E-state index in [1.54, 1.807) is 0 Å². The van der Waals surface area contributed by atoms with Crippen LogP contribution in [0.15, 0.2) is 0 Å². The highest BCUT2D eigenvalue weighted by Gasteiger charge is 2.46. The standard InChI is InChI=1S/C16H29NO3/c1-5-13(14(18)19-4)17-12-6-8-16(9-7-12)10-15(2,3)20-11-16/h12-13,17H,5-11H2,1-4H3. The Hall–Kier alpha value is -0.610. The molecule has 1 atom stereocenters. The zero-order valence-corrected chi connectivity index (χ0v) is 13.3. The minimum Gasteiger partial charge on any atom is -0.468 e. The van der Waals surface area contributed by atoms with Crippen molar-refractivity contribution in [1.29, 1.82) is 0 Å². The molecule has 1 aliphatic carbocycles. The van der Waals surface area contributed by atoms with Gasteiger partial charge >= 0.3 is 5.97 Å². The van der Waals surface area contributed by atoms with Crippen molar-refractivity contribution < 1.29 is 14.3 Å². The fraction of sp³-hybridized carbons (Fsp3) is 0.938. The van der Waals surface area contributed by atoms with Crippen molar-refractivity contribution in [3.63, 3.8) is 0 Å². The van der Waals surface area contributed by atoms with Gasteiger partial charge in [0, 0.05) is 6.04 Å². The molecule has 0 amide bonds. The second-order valence-corrected chi connectivity index (χ2v) is 7.15. The van der Waals surface area contributed by atoms with E-state index in [2.05, 4.69) is 19.2 Å². The lowest BCUT2D eigenvalue weighted by Gasteiger charge is -2.38. The SMILES string of the molecule is CCC(NC1CCC2(CC1)COC(C)(C)C2)C(=O)OC. The largest absolute Gasteiger partial charge is 0.468 e. The molecule has 0 aromatic heterocycles. The van der Waals surface area contributed by atoms with Crippen LogP contribution in [-0.4, -0.2) is 37.4 Å². The summed E-state index contributed by atoms with van der Waals surface area (Å²) in [5.41, 5.74) is 0.424. The summed E-state index contributed by atoms with van der Waals surface area (Å²) >= 11 is 0. The van der Waals surface area contributed by atoms with Gasteiger partial charge in [0.25, 0.3) is 0 Å². The number of esters is 1. The zero-order valence-electron chi connectivity index (χ0n) is 13.3. The highest BCUT2D eigenvalue weighted by Crippen LogP contribution is 2.48. The Labute approximate surface area is 122 Å². The maximum absolute atomic E-state index is 11.6. The summed E-state index contributed by atoms with van der Waals surface area (Å²) < 4.78 is 10.8. The van der Waals surface area contributed by atoms with Crippen LogP contribution in [0.25, 0.3) is 0 Å². The molecule has 116 valence electrons. The summed E-state index contributed by atoms with van der Waals surface area (Å²) in [7, 11) is 1.46. The first-order valence-electron chi connectivity index (χ1n) is 7.87. The van der Waals surface area contributed by atoms with Crippen molar-refractivity contribution in [2.75, 3.05) is 13.7 Å². The van der Waals surface area contributed by atoms with Crippen LogP contribution in [0.5, 0.6) is 0 Å². The molecule has 2 aliphatic rings.